The maximum Gasteiger partial charge on any atom is 0.231 e. The lowest BCUT2D eigenvalue weighted by Crippen LogP contribution is -2.11. The van der Waals surface area contributed by atoms with Crippen molar-refractivity contribution in [2.75, 3.05) is 6.79 Å². The molecule has 5 nitrogen and oxygen atoms in total. The molecular formula is C22H18N2O3. The molecular weight excluding hydrogens is 340 g/mol. The van der Waals surface area contributed by atoms with Crippen molar-refractivity contribution in [2.45, 2.75) is 12.6 Å². The first-order chi connectivity index (χ1) is 13.3. The Bertz CT molecular complexity index is 1110. The third kappa shape index (κ3) is 2.82. The molecule has 134 valence electrons. The van der Waals surface area contributed by atoms with Crippen molar-refractivity contribution >= 4 is 11.0 Å². The Hall–Kier alpha value is -3.31. The third-order valence-electron chi connectivity index (χ3n) is 4.82. The molecule has 2 heterocycles. The van der Waals surface area contributed by atoms with E-state index in [2.05, 4.69) is 16.7 Å². The van der Waals surface area contributed by atoms with Gasteiger partial charge in [-0.05, 0) is 35.4 Å². The maximum absolute atomic E-state index is 11.1. The number of aliphatic hydroxyl groups excluding tert-OH is 1. The molecule has 0 saturated heterocycles. The molecule has 5 heteroatoms. The van der Waals surface area contributed by atoms with Crippen molar-refractivity contribution in [3.8, 4) is 11.5 Å². The summed E-state index contributed by atoms with van der Waals surface area (Å²) >= 11 is 0. The van der Waals surface area contributed by atoms with Crippen LogP contribution in [0.3, 0.4) is 0 Å². The van der Waals surface area contributed by atoms with E-state index >= 15 is 0 Å². The van der Waals surface area contributed by atoms with Crippen molar-refractivity contribution in [1.29, 1.82) is 0 Å². The molecule has 1 atom stereocenters. The first-order valence-corrected chi connectivity index (χ1v) is 8.86. The number of benzene rings is 3. The molecule has 0 fully saturated rings. The fraction of sp³-hybridized carbons (Fsp3) is 0.136. The summed E-state index contributed by atoms with van der Waals surface area (Å²) in [7, 11) is 0. The largest absolute Gasteiger partial charge is 0.454 e. The first kappa shape index (κ1) is 15.9. The zero-order valence-electron chi connectivity index (χ0n) is 14.6. The SMILES string of the molecule is OC(c1ccc2c(c1)OCO2)c1nc2ccccc2n1Cc1ccccc1. The van der Waals surface area contributed by atoms with Crippen molar-refractivity contribution < 1.29 is 14.6 Å². The lowest BCUT2D eigenvalue weighted by Gasteiger charge is -2.15. The quantitative estimate of drug-likeness (QED) is 0.601. The van der Waals surface area contributed by atoms with Crippen molar-refractivity contribution in [3.63, 3.8) is 0 Å². The third-order valence-corrected chi connectivity index (χ3v) is 4.82. The van der Waals surface area contributed by atoms with Crippen LogP contribution in [0.2, 0.25) is 0 Å². The highest BCUT2D eigenvalue weighted by Gasteiger charge is 2.22. The highest BCUT2D eigenvalue weighted by molar-refractivity contribution is 5.76. The number of rotatable bonds is 4. The predicted molar refractivity (Wildman–Crippen MR) is 102 cm³/mol. The van der Waals surface area contributed by atoms with Gasteiger partial charge in [0.05, 0.1) is 11.0 Å². The molecule has 0 bridgehead atoms. The summed E-state index contributed by atoms with van der Waals surface area (Å²) in [5.41, 5.74) is 3.74. The van der Waals surface area contributed by atoms with Gasteiger partial charge in [0.15, 0.2) is 11.5 Å². The van der Waals surface area contributed by atoms with E-state index in [1.165, 1.54) is 0 Å². The topological polar surface area (TPSA) is 56.5 Å². The smallest absolute Gasteiger partial charge is 0.231 e. The van der Waals surface area contributed by atoms with E-state index < -0.39 is 6.10 Å². The highest BCUT2D eigenvalue weighted by Crippen LogP contribution is 2.36. The molecule has 4 aromatic rings. The van der Waals surface area contributed by atoms with Gasteiger partial charge in [-0.25, -0.2) is 4.98 Å². The summed E-state index contributed by atoms with van der Waals surface area (Å²) in [6, 6.07) is 23.6. The van der Waals surface area contributed by atoms with Crippen molar-refractivity contribution in [3.05, 3.63) is 89.7 Å². The van der Waals surface area contributed by atoms with Gasteiger partial charge in [-0.3, -0.25) is 0 Å². The average molecular weight is 358 g/mol. The highest BCUT2D eigenvalue weighted by atomic mass is 16.7. The lowest BCUT2D eigenvalue weighted by molar-refractivity contribution is 0.173. The summed E-state index contributed by atoms with van der Waals surface area (Å²) in [5.74, 6) is 1.96. The molecule has 0 aliphatic carbocycles. The molecule has 1 unspecified atom stereocenters. The van der Waals surface area contributed by atoms with Crippen LogP contribution in [0.1, 0.15) is 23.1 Å². The van der Waals surface area contributed by atoms with Crippen LogP contribution in [-0.4, -0.2) is 21.5 Å². The molecule has 1 aromatic heterocycles. The van der Waals surface area contributed by atoms with Crippen LogP contribution >= 0.6 is 0 Å². The Morgan fingerprint density at radius 3 is 2.59 bits per heavy atom. The normalized spacial score (nSPS) is 13.8. The minimum Gasteiger partial charge on any atom is -0.454 e. The molecule has 3 aromatic carbocycles. The molecule has 0 spiro atoms. The maximum atomic E-state index is 11.1. The molecule has 27 heavy (non-hydrogen) atoms. The average Bonchev–Trinajstić information content (AvgIpc) is 3.32. The van der Waals surface area contributed by atoms with Gasteiger partial charge < -0.3 is 19.1 Å². The zero-order chi connectivity index (χ0) is 18.2. The number of hydrogen-bond donors (Lipinski definition) is 1. The zero-order valence-corrected chi connectivity index (χ0v) is 14.6. The molecule has 1 aliphatic heterocycles. The Morgan fingerprint density at radius 2 is 1.70 bits per heavy atom. The number of aromatic nitrogens is 2. The number of imidazole rings is 1. The van der Waals surface area contributed by atoms with Gasteiger partial charge in [0, 0.05) is 6.54 Å². The Balaban J connectivity index is 1.60. The minimum absolute atomic E-state index is 0.210. The second-order valence-electron chi connectivity index (χ2n) is 6.55. The summed E-state index contributed by atoms with van der Waals surface area (Å²) in [6.45, 7) is 0.847. The second kappa shape index (κ2) is 6.45. The van der Waals surface area contributed by atoms with E-state index in [0.717, 1.165) is 22.2 Å². The van der Waals surface area contributed by atoms with Crippen LogP contribution in [0.5, 0.6) is 11.5 Å². The second-order valence-corrected chi connectivity index (χ2v) is 6.55. The fourth-order valence-corrected chi connectivity index (χ4v) is 3.47. The summed E-state index contributed by atoms with van der Waals surface area (Å²) < 4.78 is 12.9. The summed E-state index contributed by atoms with van der Waals surface area (Å²) in [4.78, 5) is 4.72. The van der Waals surface area contributed by atoms with Gasteiger partial charge in [-0.2, -0.15) is 0 Å². The van der Waals surface area contributed by atoms with Gasteiger partial charge in [0.25, 0.3) is 0 Å². The van der Waals surface area contributed by atoms with Crippen LogP contribution in [0, 0.1) is 0 Å². The van der Waals surface area contributed by atoms with Crippen LogP contribution in [0.4, 0.5) is 0 Å². The van der Waals surface area contributed by atoms with Crippen LogP contribution in [0.15, 0.2) is 72.8 Å². The lowest BCUT2D eigenvalue weighted by atomic mass is 10.1. The Morgan fingerprint density at radius 1 is 0.926 bits per heavy atom. The number of aliphatic hydroxyl groups is 1. The predicted octanol–water partition coefficient (Wildman–Crippen LogP) is 3.90. The number of ether oxygens (including phenoxy) is 2. The number of fused-ring (bicyclic) bond motifs is 2. The van der Waals surface area contributed by atoms with E-state index in [9.17, 15) is 5.11 Å². The Kier molecular flexibility index (Phi) is 3.80. The monoisotopic (exact) mass is 358 g/mol. The van der Waals surface area contributed by atoms with E-state index in [0.29, 0.717) is 23.9 Å². The van der Waals surface area contributed by atoms with Gasteiger partial charge in [-0.1, -0.05) is 48.5 Å². The van der Waals surface area contributed by atoms with Crippen LogP contribution < -0.4 is 9.47 Å². The molecule has 0 radical (unpaired) electrons. The fourth-order valence-electron chi connectivity index (χ4n) is 3.47. The molecule has 5 rings (SSSR count). The van der Waals surface area contributed by atoms with Crippen LogP contribution in [-0.2, 0) is 6.54 Å². The van der Waals surface area contributed by atoms with Crippen molar-refractivity contribution in [2.24, 2.45) is 0 Å². The standard InChI is InChI=1S/C22H18N2O3/c25-21(16-10-11-19-20(12-16)27-14-26-19)22-23-17-8-4-5-9-18(17)24(22)13-15-6-2-1-3-7-15/h1-12,21,25H,13-14H2. The van der Waals surface area contributed by atoms with E-state index in [4.69, 9.17) is 14.5 Å². The van der Waals surface area contributed by atoms with Gasteiger partial charge in [0.1, 0.15) is 11.9 Å². The van der Waals surface area contributed by atoms with Gasteiger partial charge in [-0.15, -0.1) is 0 Å². The van der Waals surface area contributed by atoms with Crippen molar-refractivity contribution in [1.82, 2.24) is 9.55 Å². The number of nitrogens with zero attached hydrogens (tertiary/aromatic N) is 2. The van der Waals surface area contributed by atoms with Gasteiger partial charge in [0.2, 0.25) is 6.79 Å². The van der Waals surface area contributed by atoms with Gasteiger partial charge >= 0.3 is 0 Å². The summed E-state index contributed by atoms with van der Waals surface area (Å²) in [5, 5.41) is 11.1. The molecule has 1 aliphatic rings. The van der Waals surface area contributed by atoms with E-state index in [1.54, 1.807) is 0 Å². The van der Waals surface area contributed by atoms with Crippen LogP contribution in [0.25, 0.3) is 11.0 Å². The Labute approximate surface area is 156 Å². The van der Waals surface area contributed by atoms with E-state index in [1.807, 2.05) is 60.7 Å². The first-order valence-electron chi connectivity index (χ1n) is 8.86. The molecule has 0 amide bonds. The number of hydrogen-bond acceptors (Lipinski definition) is 4. The molecule has 0 saturated carbocycles. The van der Waals surface area contributed by atoms with E-state index in [-0.39, 0.29) is 6.79 Å². The number of para-hydroxylation sites is 2. The minimum atomic E-state index is -0.865. The summed E-state index contributed by atoms with van der Waals surface area (Å²) in [6.07, 6.45) is -0.865. The molecule has 1 N–H and O–H groups in total.